The van der Waals surface area contributed by atoms with Gasteiger partial charge >= 0.3 is 0 Å². The minimum absolute atomic E-state index is 0.141. The van der Waals surface area contributed by atoms with Crippen LogP contribution in [0.2, 0.25) is 0 Å². The number of nitrogens with zero attached hydrogens (tertiary/aromatic N) is 1. The number of carbonyl (C=O) groups is 1. The predicted molar refractivity (Wildman–Crippen MR) is 95.2 cm³/mol. The van der Waals surface area contributed by atoms with Crippen LogP contribution in [0.25, 0.3) is 22.0 Å². The van der Waals surface area contributed by atoms with Gasteiger partial charge in [-0.05, 0) is 24.3 Å². The lowest BCUT2D eigenvalue weighted by molar-refractivity contribution is -0.114. The van der Waals surface area contributed by atoms with E-state index in [2.05, 4.69) is 15.5 Å². The van der Waals surface area contributed by atoms with Crippen LogP contribution in [0.4, 0.5) is 5.69 Å². The van der Waals surface area contributed by atoms with Gasteiger partial charge in [0, 0.05) is 23.6 Å². The van der Waals surface area contributed by atoms with Crippen LogP contribution in [0.15, 0.2) is 41.2 Å². The molecule has 25 heavy (non-hydrogen) atoms. The number of aromatic nitrogens is 2. The summed E-state index contributed by atoms with van der Waals surface area (Å²) in [6, 6.07) is 10.5. The molecule has 1 heterocycles. The van der Waals surface area contributed by atoms with E-state index in [1.807, 2.05) is 12.1 Å². The van der Waals surface area contributed by atoms with Crippen LogP contribution in [-0.2, 0) is 4.79 Å². The molecule has 0 bridgehead atoms. The predicted octanol–water partition coefficient (Wildman–Crippen LogP) is 2.57. The number of nitrogens with one attached hydrogen (secondary N) is 2. The van der Waals surface area contributed by atoms with E-state index in [1.54, 1.807) is 24.3 Å². The third-order valence-corrected chi connectivity index (χ3v) is 3.77. The van der Waals surface area contributed by atoms with Crippen molar-refractivity contribution in [1.29, 1.82) is 0 Å². The van der Waals surface area contributed by atoms with Crippen LogP contribution >= 0.6 is 0 Å². The number of anilines is 1. The van der Waals surface area contributed by atoms with E-state index in [0.29, 0.717) is 33.7 Å². The molecule has 7 nitrogen and oxygen atoms in total. The van der Waals surface area contributed by atoms with Crippen LogP contribution in [0.5, 0.6) is 11.5 Å². The van der Waals surface area contributed by atoms with Gasteiger partial charge < -0.3 is 14.8 Å². The second kappa shape index (κ2) is 6.64. The highest BCUT2D eigenvalue weighted by Crippen LogP contribution is 2.34. The Hall–Kier alpha value is -3.35. The number of hydrogen-bond donors (Lipinski definition) is 2. The van der Waals surface area contributed by atoms with Gasteiger partial charge in [0.1, 0.15) is 0 Å². The van der Waals surface area contributed by atoms with E-state index in [0.717, 1.165) is 5.56 Å². The molecule has 7 heteroatoms. The maximum Gasteiger partial charge on any atom is 0.272 e. The summed E-state index contributed by atoms with van der Waals surface area (Å²) in [6.45, 7) is 1.45. The highest BCUT2D eigenvalue weighted by molar-refractivity contribution is 5.96. The Balaban J connectivity index is 2.17. The Morgan fingerprint density at radius 1 is 1.04 bits per heavy atom. The van der Waals surface area contributed by atoms with Gasteiger partial charge in [0.25, 0.3) is 5.56 Å². The van der Waals surface area contributed by atoms with Gasteiger partial charge in [-0.3, -0.25) is 9.59 Å². The van der Waals surface area contributed by atoms with Crippen molar-refractivity contribution < 1.29 is 14.3 Å². The normalized spacial score (nSPS) is 10.5. The van der Waals surface area contributed by atoms with Crippen molar-refractivity contribution in [3.8, 4) is 22.8 Å². The molecule has 0 atom stereocenters. The van der Waals surface area contributed by atoms with Gasteiger partial charge in [0.15, 0.2) is 11.5 Å². The molecule has 0 unspecified atom stereocenters. The van der Waals surface area contributed by atoms with Crippen LogP contribution in [0.3, 0.4) is 0 Å². The van der Waals surface area contributed by atoms with E-state index >= 15 is 0 Å². The molecule has 3 aromatic rings. The highest BCUT2D eigenvalue weighted by atomic mass is 16.5. The zero-order valence-electron chi connectivity index (χ0n) is 14.0. The largest absolute Gasteiger partial charge is 0.493 e. The SMILES string of the molecule is COc1cc2c(-c3ccc(NC(C)=O)cc3)n[nH]c(=O)c2cc1OC. The summed E-state index contributed by atoms with van der Waals surface area (Å²) in [5, 5.41) is 10.5. The quantitative estimate of drug-likeness (QED) is 0.762. The first-order valence-corrected chi connectivity index (χ1v) is 7.56. The van der Waals surface area contributed by atoms with E-state index in [9.17, 15) is 9.59 Å². The summed E-state index contributed by atoms with van der Waals surface area (Å²) in [7, 11) is 3.05. The van der Waals surface area contributed by atoms with E-state index in [-0.39, 0.29) is 11.5 Å². The summed E-state index contributed by atoms with van der Waals surface area (Å²) in [5.74, 6) is 0.842. The maximum absolute atomic E-state index is 12.1. The fourth-order valence-corrected chi connectivity index (χ4v) is 2.62. The third kappa shape index (κ3) is 3.16. The molecular formula is C18H17N3O4. The third-order valence-electron chi connectivity index (χ3n) is 3.77. The molecule has 3 rings (SSSR count). The second-order valence-electron chi connectivity index (χ2n) is 5.41. The minimum Gasteiger partial charge on any atom is -0.493 e. The first-order valence-electron chi connectivity index (χ1n) is 7.56. The number of amides is 1. The Morgan fingerprint density at radius 2 is 1.64 bits per heavy atom. The number of fused-ring (bicyclic) bond motifs is 1. The first kappa shape index (κ1) is 16.5. The lowest BCUT2D eigenvalue weighted by Gasteiger charge is -2.11. The Labute approximate surface area is 143 Å². The van der Waals surface area contributed by atoms with Gasteiger partial charge in [-0.25, -0.2) is 5.10 Å². The molecule has 0 aliphatic heterocycles. The summed E-state index contributed by atoms with van der Waals surface area (Å²) in [5.41, 5.74) is 1.77. The molecule has 1 amide bonds. The fraction of sp³-hybridized carbons (Fsp3) is 0.167. The first-order chi connectivity index (χ1) is 12.0. The molecular weight excluding hydrogens is 322 g/mol. The average molecular weight is 339 g/mol. The zero-order chi connectivity index (χ0) is 18.0. The summed E-state index contributed by atoms with van der Waals surface area (Å²) in [6.07, 6.45) is 0. The molecule has 128 valence electrons. The molecule has 0 aliphatic carbocycles. The van der Waals surface area contributed by atoms with Gasteiger partial charge in [0.2, 0.25) is 5.91 Å². The number of carbonyl (C=O) groups excluding carboxylic acids is 1. The molecule has 0 saturated carbocycles. The monoisotopic (exact) mass is 339 g/mol. The number of methoxy groups -OCH3 is 2. The van der Waals surface area contributed by atoms with Gasteiger partial charge in [-0.15, -0.1) is 0 Å². The minimum atomic E-state index is -0.311. The number of rotatable bonds is 4. The van der Waals surface area contributed by atoms with Crippen molar-refractivity contribution in [1.82, 2.24) is 10.2 Å². The molecule has 2 N–H and O–H groups in total. The van der Waals surface area contributed by atoms with Crippen molar-refractivity contribution in [2.45, 2.75) is 6.92 Å². The fourth-order valence-electron chi connectivity index (χ4n) is 2.62. The summed E-state index contributed by atoms with van der Waals surface area (Å²) in [4.78, 5) is 23.3. The molecule has 2 aromatic carbocycles. The topological polar surface area (TPSA) is 93.3 Å². The smallest absolute Gasteiger partial charge is 0.272 e. The van der Waals surface area contributed by atoms with Crippen molar-refractivity contribution in [3.05, 3.63) is 46.8 Å². The lowest BCUT2D eigenvalue weighted by Crippen LogP contribution is -2.10. The number of ether oxygens (including phenoxy) is 2. The number of aromatic amines is 1. The van der Waals surface area contributed by atoms with Gasteiger partial charge in [-0.1, -0.05) is 12.1 Å². The van der Waals surface area contributed by atoms with Crippen molar-refractivity contribution in [2.75, 3.05) is 19.5 Å². The van der Waals surface area contributed by atoms with E-state index in [1.165, 1.54) is 21.1 Å². The van der Waals surface area contributed by atoms with Crippen LogP contribution in [-0.4, -0.2) is 30.3 Å². The standard InChI is InChI=1S/C18H17N3O4/c1-10(22)19-12-6-4-11(5-7-12)17-13-8-15(24-2)16(25-3)9-14(13)18(23)21-20-17/h4-9H,1-3H3,(H,19,22)(H,21,23). The average Bonchev–Trinajstić information content (AvgIpc) is 2.61. The van der Waals surface area contributed by atoms with Crippen molar-refractivity contribution in [3.63, 3.8) is 0 Å². The van der Waals surface area contributed by atoms with Crippen LogP contribution in [0.1, 0.15) is 6.92 Å². The molecule has 0 saturated heterocycles. The van der Waals surface area contributed by atoms with Crippen molar-refractivity contribution in [2.24, 2.45) is 0 Å². The second-order valence-corrected chi connectivity index (χ2v) is 5.41. The molecule has 0 aliphatic rings. The Morgan fingerprint density at radius 3 is 2.20 bits per heavy atom. The van der Waals surface area contributed by atoms with Gasteiger partial charge in [0.05, 0.1) is 25.3 Å². The molecule has 0 radical (unpaired) electrons. The Bertz CT molecular complexity index is 994. The number of H-pyrrole nitrogens is 1. The maximum atomic E-state index is 12.1. The summed E-state index contributed by atoms with van der Waals surface area (Å²) < 4.78 is 10.6. The molecule has 1 aromatic heterocycles. The van der Waals surface area contributed by atoms with Crippen molar-refractivity contribution >= 4 is 22.4 Å². The highest BCUT2D eigenvalue weighted by Gasteiger charge is 2.14. The number of benzene rings is 2. The molecule has 0 fully saturated rings. The van der Waals surface area contributed by atoms with Crippen LogP contribution in [0, 0.1) is 0 Å². The Kier molecular flexibility index (Phi) is 4.38. The summed E-state index contributed by atoms with van der Waals surface area (Å²) >= 11 is 0. The zero-order valence-corrected chi connectivity index (χ0v) is 14.0. The van der Waals surface area contributed by atoms with Crippen LogP contribution < -0.4 is 20.3 Å². The lowest BCUT2D eigenvalue weighted by atomic mass is 10.0. The van der Waals surface area contributed by atoms with E-state index < -0.39 is 0 Å². The van der Waals surface area contributed by atoms with E-state index in [4.69, 9.17) is 9.47 Å². The molecule has 0 spiro atoms. The van der Waals surface area contributed by atoms with Gasteiger partial charge in [-0.2, -0.15) is 5.10 Å². The number of hydrogen-bond acceptors (Lipinski definition) is 5.